The smallest absolute Gasteiger partial charge is 0.326 e. The Morgan fingerprint density at radius 3 is 1.91 bits per heavy atom. The fraction of sp³-hybridized carbons (Fsp3) is 0.788. The van der Waals surface area contributed by atoms with E-state index in [1.54, 1.807) is 30.3 Å². The van der Waals surface area contributed by atoms with Crippen molar-refractivity contribution in [2.45, 2.75) is 200 Å². The highest BCUT2D eigenvalue weighted by Gasteiger charge is 2.66. The van der Waals surface area contributed by atoms with Crippen molar-refractivity contribution in [2.75, 3.05) is 19.8 Å². The molecule has 14 N–H and O–H groups in total. The van der Waals surface area contributed by atoms with E-state index in [0.29, 0.717) is 56.9 Å². The Bertz CT molecular complexity index is 2230. The number of hydrogen-bond acceptors (Lipinski definition) is 23. The molecule has 0 aromatic heterocycles. The summed E-state index contributed by atoms with van der Waals surface area (Å²) >= 11 is 0. The number of aliphatic carboxylic acids is 1. The van der Waals surface area contributed by atoms with Crippen molar-refractivity contribution in [3.05, 3.63) is 48.0 Å². The quantitative estimate of drug-likeness (QED) is 0.0429. The van der Waals surface area contributed by atoms with Crippen LogP contribution in [-0.2, 0) is 58.7 Å². The third kappa shape index (κ3) is 11.2. The van der Waals surface area contributed by atoms with Gasteiger partial charge in [-0.15, -0.1) is 0 Å². The van der Waals surface area contributed by atoms with E-state index >= 15 is 0 Å². The predicted octanol–water partition coefficient (Wildman–Crippen LogP) is -3.80. The van der Waals surface area contributed by atoms with Crippen LogP contribution in [0.1, 0.15) is 70.3 Å². The minimum Gasteiger partial charge on any atom is -0.480 e. The number of amides is 1. The van der Waals surface area contributed by atoms with Gasteiger partial charge in [0.1, 0.15) is 85.4 Å². The second kappa shape index (κ2) is 23.6. The van der Waals surface area contributed by atoms with E-state index in [9.17, 15) is 80.8 Å². The van der Waals surface area contributed by atoms with Crippen molar-refractivity contribution in [1.82, 2.24) is 5.32 Å². The van der Waals surface area contributed by atoms with Gasteiger partial charge in [0.25, 0.3) is 5.91 Å². The Morgan fingerprint density at radius 2 is 1.30 bits per heavy atom. The highest BCUT2D eigenvalue weighted by atomic mass is 16.8. The van der Waals surface area contributed by atoms with Crippen molar-refractivity contribution in [3.8, 4) is 0 Å². The molecule has 27 atom stereocenters. The van der Waals surface area contributed by atoms with E-state index in [0.717, 1.165) is 5.57 Å². The number of carboxylic acid groups (broad SMARTS) is 1. The molecule has 4 saturated heterocycles. The zero-order valence-corrected chi connectivity index (χ0v) is 42.5. The van der Waals surface area contributed by atoms with E-state index in [1.807, 2.05) is 0 Å². The lowest BCUT2D eigenvalue weighted by Gasteiger charge is -2.62. The van der Waals surface area contributed by atoms with Crippen LogP contribution >= 0.6 is 0 Å². The number of ether oxygens (including phenoxy) is 8. The number of aliphatic hydroxyl groups excluding tert-OH is 12. The molecule has 432 valence electrons. The molecule has 25 nitrogen and oxygen atoms in total. The van der Waals surface area contributed by atoms with Gasteiger partial charge in [-0.2, -0.15) is 0 Å². The second-order valence-corrected chi connectivity index (χ2v) is 22.8. The minimum absolute atomic E-state index is 0.0649. The second-order valence-electron chi connectivity index (χ2n) is 22.8. The van der Waals surface area contributed by atoms with E-state index in [2.05, 4.69) is 18.8 Å². The molecule has 8 aliphatic rings. The van der Waals surface area contributed by atoms with Crippen LogP contribution in [0.3, 0.4) is 0 Å². The van der Waals surface area contributed by atoms with Gasteiger partial charge in [0.05, 0.1) is 37.9 Å². The van der Waals surface area contributed by atoms with Crippen LogP contribution in [0, 0.1) is 34.5 Å². The SMILES string of the molecule is C=C1CC23CC[C@@H]4[C@H](C(=O)OC5O[C@H](C(=O)N[C@H](Cc6ccccc6)C(=O)O)[C@@H](O)C[C@H]5O)CCC[C@@]4(C)[C@@H]2CC(O[C@@H]2O[C@H](CO)[C@@H](O)C(O[C@@H]4O[C@H](CO)[C@@H](O)[C@H](O)[C@H]4O)[C@H]2O[C@@H]2O[C@H](CO)[C@@H](O)[C@H](O)[C@H]2O)C1C3. The van der Waals surface area contributed by atoms with Crippen LogP contribution in [-0.4, -0.2) is 233 Å². The molecule has 1 amide bonds. The van der Waals surface area contributed by atoms with Gasteiger partial charge in [-0.1, -0.05) is 55.8 Å². The zero-order chi connectivity index (χ0) is 55.4. The molecule has 25 heteroatoms. The number of rotatable bonds is 16. The summed E-state index contributed by atoms with van der Waals surface area (Å²) in [6.07, 6.45) is -29.5. The number of carbonyl (C=O) groups excluding carboxylic acids is 2. The van der Waals surface area contributed by atoms with Crippen LogP contribution in [0.4, 0.5) is 0 Å². The molecule has 8 fully saturated rings. The average molecular weight is 1100 g/mol. The Balaban J connectivity index is 0.947. The summed E-state index contributed by atoms with van der Waals surface area (Å²) in [6, 6.07) is 7.22. The van der Waals surface area contributed by atoms with Crippen molar-refractivity contribution in [3.63, 3.8) is 0 Å². The summed E-state index contributed by atoms with van der Waals surface area (Å²) in [4.78, 5) is 40.1. The van der Waals surface area contributed by atoms with Crippen LogP contribution in [0.5, 0.6) is 0 Å². The first-order valence-corrected chi connectivity index (χ1v) is 26.6. The molecular weight excluding hydrogens is 1020 g/mol. The maximum absolute atomic E-state index is 14.5. The molecule has 4 saturated carbocycles. The maximum atomic E-state index is 14.5. The molecule has 9 rings (SSSR count). The van der Waals surface area contributed by atoms with Crippen molar-refractivity contribution >= 4 is 17.8 Å². The lowest BCUT2D eigenvalue weighted by Crippen LogP contribution is -2.67. The molecule has 4 aliphatic heterocycles. The number of benzene rings is 1. The van der Waals surface area contributed by atoms with E-state index in [4.69, 9.17) is 37.9 Å². The fourth-order valence-electron chi connectivity index (χ4n) is 14.2. The molecule has 1 aromatic carbocycles. The van der Waals surface area contributed by atoms with Gasteiger partial charge in [-0.25, -0.2) is 4.79 Å². The lowest BCUT2D eigenvalue weighted by atomic mass is 9.43. The summed E-state index contributed by atoms with van der Waals surface area (Å²) in [5.41, 5.74) is 0.685. The van der Waals surface area contributed by atoms with Gasteiger partial charge in [-0.3, -0.25) is 9.59 Å². The summed E-state index contributed by atoms with van der Waals surface area (Å²) in [5.74, 6) is -4.37. The zero-order valence-electron chi connectivity index (χ0n) is 42.5. The predicted molar refractivity (Wildman–Crippen MR) is 256 cm³/mol. The number of fused-ring (bicyclic) bond motifs is 3. The maximum Gasteiger partial charge on any atom is 0.326 e. The number of aliphatic hydroxyl groups is 12. The topological polar surface area (TPSA) is 400 Å². The standard InChI is InChI=1S/C52H75NO24/c1-21-16-52-12-10-25-23(46(69)77-47-28(58)14-27(57)41(74-47)44(66)53-26(45(67)68)13-22-7-4-3-5-8-22)9-6-11-51(25,2)33(52)15-29(24(21)17-52)70-50-43(76-49-40(65)38(63)35(60)31(19-55)72-49)42(36(61)32(20-56)73-50)75-48-39(64)37(62)34(59)30(18-54)71-48/h3-5,7-8,23-43,47-50,54-65H,1,6,9-20H2,2H3,(H,53,66)(H,67,68)/t23-,24?,25-,26-,27+,28-,29?,30-,31-,32-,33+,34-,35-,36-,37+,38+,39-,40-,41+,42?,43-,47?,48+,49+,50-,51-,52?/m1/s1. The Hall–Kier alpha value is -3.39. The summed E-state index contributed by atoms with van der Waals surface area (Å²) < 4.78 is 48.6. The molecule has 1 aromatic rings. The fourth-order valence-corrected chi connectivity index (χ4v) is 14.2. The molecule has 77 heavy (non-hydrogen) atoms. The van der Waals surface area contributed by atoms with Crippen molar-refractivity contribution in [2.24, 2.45) is 34.5 Å². The first kappa shape index (κ1) is 58.3. The number of carbonyl (C=O) groups is 3. The van der Waals surface area contributed by atoms with Crippen LogP contribution in [0.25, 0.3) is 0 Å². The van der Waals surface area contributed by atoms with Gasteiger partial charge in [0, 0.05) is 18.8 Å². The van der Waals surface area contributed by atoms with Gasteiger partial charge in [0.15, 0.2) is 25.0 Å². The Kier molecular flexibility index (Phi) is 17.9. The van der Waals surface area contributed by atoms with E-state index in [-0.39, 0.29) is 29.6 Å². The number of nitrogens with one attached hydrogen (secondary N) is 1. The Morgan fingerprint density at radius 1 is 0.701 bits per heavy atom. The van der Waals surface area contributed by atoms with Gasteiger partial charge in [-0.05, 0) is 73.2 Å². The number of carboxylic acids is 1. The van der Waals surface area contributed by atoms with Crippen molar-refractivity contribution < 1.29 is 119 Å². The number of hydrogen-bond donors (Lipinski definition) is 14. The normalized spacial score (nSPS) is 47.3. The van der Waals surface area contributed by atoms with Gasteiger partial charge < -0.3 is 110 Å². The minimum atomic E-state index is -1.98. The van der Waals surface area contributed by atoms with Gasteiger partial charge in [0.2, 0.25) is 6.29 Å². The van der Waals surface area contributed by atoms with E-state index in [1.165, 1.54) is 0 Å². The summed E-state index contributed by atoms with van der Waals surface area (Å²) in [5, 5.41) is 141. The first-order chi connectivity index (χ1) is 36.6. The highest BCUT2D eigenvalue weighted by Crippen LogP contribution is 2.71. The molecule has 0 radical (unpaired) electrons. The number of esters is 1. The Labute approximate surface area is 443 Å². The highest BCUT2D eigenvalue weighted by molar-refractivity contribution is 5.87. The molecule has 2 bridgehead atoms. The van der Waals surface area contributed by atoms with Crippen LogP contribution in [0.2, 0.25) is 0 Å². The molecule has 1 spiro atoms. The van der Waals surface area contributed by atoms with Crippen LogP contribution in [0.15, 0.2) is 42.5 Å². The third-order valence-electron chi connectivity index (χ3n) is 18.2. The summed E-state index contributed by atoms with van der Waals surface area (Å²) in [7, 11) is 0. The monoisotopic (exact) mass is 1100 g/mol. The largest absolute Gasteiger partial charge is 0.480 e. The molecule has 5 unspecified atom stereocenters. The molecular formula is C52H75NO24. The summed E-state index contributed by atoms with van der Waals surface area (Å²) in [6.45, 7) is 4.12. The molecule has 4 aliphatic carbocycles. The molecule has 4 heterocycles. The van der Waals surface area contributed by atoms with E-state index < -0.39 is 184 Å². The first-order valence-electron chi connectivity index (χ1n) is 26.6. The van der Waals surface area contributed by atoms with Crippen LogP contribution < -0.4 is 5.32 Å². The lowest BCUT2D eigenvalue weighted by molar-refractivity contribution is -0.397. The average Bonchev–Trinajstić information content (AvgIpc) is 3.99. The third-order valence-corrected chi connectivity index (χ3v) is 18.2. The van der Waals surface area contributed by atoms with Crippen molar-refractivity contribution in [1.29, 1.82) is 0 Å². The van der Waals surface area contributed by atoms with Gasteiger partial charge >= 0.3 is 11.9 Å².